The molecule has 1 aromatic rings. The molecule has 1 aromatic carbocycles. The van der Waals surface area contributed by atoms with Crippen molar-refractivity contribution in [1.29, 1.82) is 0 Å². The first-order chi connectivity index (χ1) is 6.52. The van der Waals surface area contributed by atoms with Crippen LogP contribution in [0.25, 0.3) is 0 Å². The summed E-state index contributed by atoms with van der Waals surface area (Å²) in [7, 11) is -1.11. The first-order valence-corrected chi connectivity index (χ1v) is 6.14. The smallest absolute Gasteiger partial charge is 0.0626 e. The minimum atomic E-state index is -1.11. The molecule has 0 saturated heterocycles. The van der Waals surface area contributed by atoms with E-state index in [1.54, 1.807) is 12.1 Å². The van der Waals surface area contributed by atoms with Gasteiger partial charge < -0.3 is 5.73 Å². The third kappa shape index (κ3) is 1.39. The highest BCUT2D eigenvalue weighted by Gasteiger charge is 2.35. The van der Waals surface area contributed by atoms with Crippen LogP contribution in [0.2, 0.25) is 10.0 Å². The maximum Gasteiger partial charge on any atom is 0.0626 e. The zero-order chi connectivity index (χ0) is 10.5. The molecule has 5 heteroatoms. The lowest BCUT2D eigenvalue weighted by molar-refractivity contribution is 0.662. The van der Waals surface area contributed by atoms with E-state index in [9.17, 15) is 4.21 Å². The molecule has 1 aliphatic rings. The second-order valence-corrected chi connectivity index (χ2v) is 5.92. The Labute approximate surface area is 94.8 Å². The Hall–Kier alpha value is -0.0900. The van der Waals surface area contributed by atoms with Crippen molar-refractivity contribution >= 4 is 34.0 Å². The summed E-state index contributed by atoms with van der Waals surface area (Å²) in [6, 6.07) is 3.11. The van der Waals surface area contributed by atoms with Gasteiger partial charge in [-0.1, -0.05) is 23.2 Å². The van der Waals surface area contributed by atoms with Gasteiger partial charge in [-0.2, -0.15) is 0 Å². The van der Waals surface area contributed by atoms with Gasteiger partial charge in [-0.25, -0.2) is 0 Å². The van der Waals surface area contributed by atoms with Crippen molar-refractivity contribution in [1.82, 2.24) is 0 Å². The summed E-state index contributed by atoms with van der Waals surface area (Å²) >= 11 is 11.8. The van der Waals surface area contributed by atoms with Crippen LogP contribution in [-0.4, -0.2) is 9.46 Å². The summed E-state index contributed by atoms with van der Waals surface area (Å²) in [6.07, 6.45) is 0. The molecular weight excluding hydrogens is 241 g/mol. The first-order valence-electron chi connectivity index (χ1n) is 4.17. The molecule has 3 unspecified atom stereocenters. The Kier molecular flexibility index (Phi) is 2.60. The van der Waals surface area contributed by atoms with Gasteiger partial charge in [-0.3, -0.25) is 4.21 Å². The van der Waals surface area contributed by atoms with Crippen molar-refractivity contribution in [2.24, 2.45) is 5.73 Å². The van der Waals surface area contributed by atoms with Crippen LogP contribution in [-0.2, 0) is 10.8 Å². The summed E-state index contributed by atoms with van der Waals surface area (Å²) < 4.78 is 11.8. The van der Waals surface area contributed by atoms with Gasteiger partial charge in [0.05, 0.1) is 26.0 Å². The number of nitrogens with two attached hydrogens (primary N) is 1. The highest BCUT2D eigenvalue weighted by molar-refractivity contribution is 7.86. The van der Waals surface area contributed by atoms with E-state index in [1.165, 1.54) is 0 Å². The van der Waals surface area contributed by atoms with Crippen molar-refractivity contribution in [2.75, 3.05) is 0 Å². The van der Waals surface area contributed by atoms with Crippen molar-refractivity contribution in [3.8, 4) is 0 Å². The molecule has 14 heavy (non-hydrogen) atoms. The molecule has 0 aromatic heterocycles. The highest BCUT2D eigenvalue weighted by atomic mass is 35.5. The van der Waals surface area contributed by atoms with Gasteiger partial charge in [0.1, 0.15) is 0 Å². The second-order valence-electron chi connectivity index (χ2n) is 3.33. The molecule has 0 bridgehead atoms. The van der Waals surface area contributed by atoms with Gasteiger partial charge in [-0.15, -0.1) is 0 Å². The van der Waals surface area contributed by atoms with Crippen LogP contribution in [0.15, 0.2) is 17.0 Å². The van der Waals surface area contributed by atoms with Crippen LogP contribution in [0.5, 0.6) is 0 Å². The molecule has 3 atom stereocenters. The van der Waals surface area contributed by atoms with Gasteiger partial charge in [0, 0.05) is 11.1 Å². The van der Waals surface area contributed by atoms with Crippen molar-refractivity contribution < 1.29 is 4.21 Å². The number of fused-ring (bicyclic) bond motifs is 1. The van der Waals surface area contributed by atoms with Gasteiger partial charge in [0.2, 0.25) is 0 Å². The summed E-state index contributed by atoms with van der Waals surface area (Å²) in [5.41, 5.74) is 6.72. The average Bonchev–Trinajstić information content (AvgIpc) is 2.31. The molecule has 0 radical (unpaired) electrons. The van der Waals surface area contributed by atoms with Crippen molar-refractivity contribution in [3.05, 3.63) is 27.7 Å². The molecule has 76 valence electrons. The van der Waals surface area contributed by atoms with E-state index in [0.29, 0.717) is 14.9 Å². The fourth-order valence-corrected chi connectivity index (χ4v) is 3.81. The zero-order valence-corrected chi connectivity index (χ0v) is 9.79. The third-order valence-electron chi connectivity index (χ3n) is 2.44. The third-order valence-corrected chi connectivity index (χ3v) is 4.90. The van der Waals surface area contributed by atoms with E-state index < -0.39 is 10.8 Å². The maximum absolute atomic E-state index is 11.8. The predicted molar refractivity (Wildman–Crippen MR) is 59.3 cm³/mol. The van der Waals surface area contributed by atoms with Crippen LogP contribution >= 0.6 is 23.2 Å². The molecule has 2 rings (SSSR count). The fourth-order valence-electron chi connectivity index (χ4n) is 1.61. The molecule has 0 amide bonds. The largest absolute Gasteiger partial charge is 0.323 e. The Morgan fingerprint density at radius 2 is 2.07 bits per heavy atom. The normalized spacial score (nSPS) is 30.4. The SMILES string of the molecule is CC1C(N)c2cc(Cl)cc(Cl)c2S1=O. The van der Waals surface area contributed by atoms with Crippen LogP contribution in [0.4, 0.5) is 0 Å². The number of hydrogen-bond acceptors (Lipinski definition) is 2. The lowest BCUT2D eigenvalue weighted by Crippen LogP contribution is -2.19. The second kappa shape index (κ2) is 3.49. The molecule has 0 aliphatic carbocycles. The Morgan fingerprint density at radius 1 is 1.43 bits per heavy atom. The number of benzene rings is 1. The minimum absolute atomic E-state index is 0.0963. The Bertz CT molecular complexity index is 422. The molecular formula is C9H9Cl2NOS. The van der Waals surface area contributed by atoms with Crippen LogP contribution in [0.1, 0.15) is 18.5 Å². The van der Waals surface area contributed by atoms with Crippen LogP contribution < -0.4 is 5.73 Å². The topological polar surface area (TPSA) is 43.1 Å². The van der Waals surface area contributed by atoms with Gasteiger partial charge in [0.25, 0.3) is 0 Å². The molecule has 1 heterocycles. The molecule has 2 nitrogen and oxygen atoms in total. The van der Waals surface area contributed by atoms with E-state index in [4.69, 9.17) is 28.9 Å². The van der Waals surface area contributed by atoms with Crippen molar-refractivity contribution in [3.63, 3.8) is 0 Å². The van der Waals surface area contributed by atoms with E-state index in [1.807, 2.05) is 6.92 Å². The summed E-state index contributed by atoms with van der Waals surface area (Å²) in [5.74, 6) is 0. The molecule has 0 fully saturated rings. The maximum atomic E-state index is 11.8. The van der Waals surface area contributed by atoms with Crippen molar-refractivity contribution in [2.45, 2.75) is 23.1 Å². The van der Waals surface area contributed by atoms with Gasteiger partial charge in [0.15, 0.2) is 0 Å². The molecule has 0 spiro atoms. The predicted octanol–water partition coefficient (Wildman–Crippen LogP) is 2.50. The Morgan fingerprint density at radius 3 is 2.71 bits per heavy atom. The summed E-state index contributed by atoms with van der Waals surface area (Å²) in [4.78, 5) is 0.649. The number of halogens is 2. The minimum Gasteiger partial charge on any atom is -0.323 e. The summed E-state index contributed by atoms with van der Waals surface area (Å²) in [6.45, 7) is 1.85. The standard InChI is InChI=1S/C9H9Cl2NOS/c1-4-8(12)6-2-5(10)3-7(11)9(6)14(4)13/h2-4,8H,12H2,1H3. The zero-order valence-electron chi connectivity index (χ0n) is 7.46. The quantitative estimate of drug-likeness (QED) is 0.768. The van der Waals surface area contributed by atoms with E-state index in [0.717, 1.165) is 5.56 Å². The Balaban J connectivity index is 2.69. The summed E-state index contributed by atoms with van der Waals surface area (Å²) in [5, 5.41) is 0.891. The average molecular weight is 250 g/mol. The lowest BCUT2D eigenvalue weighted by Gasteiger charge is -2.07. The number of rotatable bonds is 0. The van der Waals surface area contributed by atoms with Crippen LogP contribution in [0, 0.1) is 0 Å². The molecule has 2 N–H and O–H groups in total. The first kappa shape index (κ1) is 10.4. The lowest BCUT2D eigenvalue weighted by atomic mass is 10.1. The molecule has 1 aliphatic heterocycles. The van der Waals surface area contributed by atoms with E-state index in [2.05, 4.69) is 0 Å². The molecule has 0 saturated carbocycles. The van der Waals surface area contributed by atoms with Crippen LogP contribution in [0.3, 0.4) is 0 Å². The fraction of sp³-hybridized carbons (Fsp3) is 0.333. The van der Waals surface area contributed by atoms with Gasteiger partial charge >= 0.3 is 0 Å². The van der Waals surface area contributed by atoms with Gasteiger partial charge in [-0.05, 0) is 24.6 Å². The van der Waals surface area contributed by atoms with E-state index in [-0.39, 0.29) is 11.3 Å². The highest BCUT2D eigenvalue weighted by Crippen LogP contribution is 2.40. The monoisotopic (exact) mass is 249 g/mol. The van der Waals surface area contributed by atoms with E-state index >= 15 is 0 Å². The number of hydrogen-bond donors (Lipinski definition) is 1.